The number of urea groups is 1. The predicted octanol–water partition coefficient (Wildman–Crippen LogP) is 3.00. The zero-order valence-corrected chi connectivity index (χ0v) is 17.5. The monoisotopic (exact) mass is 444 g/mol. The number of likely N-dealkylation sites (tertiary alicyclic amines) is 1. The molecule has 7 nitrogen and oxygen atoms in total. The summed E-state index contributed by atoms with van der Waals surface area (Å²) in [7, 11) is 0. The van der Waals surface area contributed by atoms with Crippen LogP contribution >= 0.6 is 11.6 Å². The van der Waals surface area contributed by atoms with Crippen molar-refractivity contribution < 1.29 is 18.8 Å². The largest absolute Gasteiger partial charge is 0.325 e. The predicted molar refractivity (Wildman–Crippen MR) is 114 cm³/mol. The first-order chi connectivity index (χ1) is 14.8. The number of halogens is 2. The van der Waals surface area contributed by atoms with Crippen LogP contribution in [0, 0.1) is 5.82 Å². The molecule has 2 aliphatic rings. The Morgan fingerprint density at radius 2 is 1.71 bits per heavy atom. The molecule has 2 aromatic carbocycles. The van der Waals surface area contributed by atoms with E-state index in [0.29, 0.717) is 36.6 Å². The molecule has 2 aromatic rings. The SMILES string of the molecule is O=C(CN1CCC2(CC1)NC(=O)N(Cc1ccc(Cl)cc1)C2=O)Nc1ccc(F)cc1. The molecular weight excluding hydrogens is 423 g/mol. The molecule has 0 aromatic heterocycles. The standard InChI is InChI=1S/C22H22ClFN4O3/c23-16-3-1-15(2-4-16)13-28-20(30)22(26-21(28)31)9-11-27(12-10-22)14-19(29)25-18-7-5-17(24)6-8-18/h1-8H,9-14H2,(H,25,29)(H,26,31). The van der Waals surface area contributed by atoms with Crippen molar-refractivity contribution in [3.05, 3.63) is 64.9 Å². The molecule has 2 fully saturated rings. The molecule has 2 aliphatic heterocycles. The van der Waals surface area contributed by atoms with Gasteiger partial charge in [-0.15, -0.1) is 0 Å². The van der Waals surface area contributed by atoms with Crippen LogP contribution in [0.25, 0.3) is 0 Å². The van der Waals surface area contributed by atoms with Crippen LogP contribution in [0.4, 0.5) is 14.9 Å². The smallest absolute Gasteiger partial charge is 0.325 e. The first-order valence-corrected chi connectivity index (χ1v) is 10.4. The highest BCUT2D eigenvalue weighted by atomic mass is 35.5. The third-order valence-electron chi connectivity index (χ3n) is 5.70. The lowest BCUT2D eigenvalue weighted by molar-refractivity contribution is -0.133. The first kappa shape index (κ1) is 21.3. The van der Waals surface area contributed by atoms with E-state index in [2.05, 4.69) is 10.6 Å². The van der Waals surface area contributed by atoms with Gasteiger partial charge in [-0.25, -0.2) is 9.18 Å². The third kappa shape index (κ3) is 4.70. The van der Waals surface area contributed by atoms with Gasteiger partial charge in [0.1, 0.15) is 11.4 Å². The van der Waals surface area contributed by atoms with Crippen LogP contribution < -0.4 is 10.6 Å². The normalized spacial score (nSPS) is 18.3. The van der Waals surface area contributed by atoms with E-state index in [-0.39, 0.29) is 30.7 Å². The number of imide groups is 1. The zero-order valence-electron chi connectivity index (χ0n) is 16.7. The zero-order chi connectivity index (χ0) is 22.0. The Bertz CT molecular complexity index is 989. The molecule has 2 saturated heterocycles. The molecule has 4 rings (SSSR count). The van der Waals surface area contributed by atoms with Crippen LogP contribution in [0.15, 0.2) is 48.5 Å². The van der Waals surface area contributed by atoms with Crippen LogP contribution in [0.1, 0.15) is 18.4 Å². The average Bonchev–Trinajstić information content (AvgIpc) is 2.97. The molecule has 2 N–H and O–H groups in total. The van der Waals surface area contributed by atoms with Crippen LogP contribution in [0.5, 0.6) is 0 Å². The Morgan fingerprint density at radius 1 is 1.06 bits per heavy atom. The molecule has 0 unspecified atom stereocenters. The number of carbonyl (C=O) groups is 3. The van der Waals surface area contributed by atoms with Crippen molar-refractivity contribution >= 4 is 35.1 Å². The van der Waals surface area contributed by atoms with E-state index < -0.39 is 11.6 Å². The second-order valence-electron chi connectivity index (χ2n) is 7.86. The Kier molecular flexibility index (Phi) is 5.93. The van der Waals surface area contributed by atoms with Gasteiger partial charge in [-0.05, 0) is 54.8 Å². The molecular formula is C22H22ClFN4O3. The highest BCUT2D eigenvalue weighted by Gasteiger charge is 2.52. The summed E-state index contributed by atoms with van der Waals surface area (Å²) in [5.74, 6) is -0.815. The van der Waals surface area contributed by atoms with Gasteiger partial charge in [-0.2, -0.15) is 0 Å². The fourth-order valence-corrected chi connectivity index (χ4v) is 4.09. The minimum absolute atomic E-state index is 0.157. The molecule has 162 valence electrons. The lowest BCUT2D eigenvalue weighted by atomic mass is 9.87. The van der Waals surface area contributed by atoms with Crippen molar-refractivity contribution in [2.45, 2.75) is 24.9 Å². The van der Waals surface area contributed by atoms with Gasteiger partial charge in [0.25, 0.3) is 5.91 Å². The van der Waals surface area contributed by atoms with E-state index >= 15 is 0 Å². The quantitative estimate of drug-likeness (QED) is 0.695. The van der Waals surface area contributed by atoms with E-state index in [9.17, 15) is 18.8 Å². The molecule has 31 heavy (non-hydrogen) atoms. The Balaban J connectivity index is 1.32. The lowest BCUT2D eigenvalue weighted by Gasteiger charge is -2.36. The minimum Gasteiger partial charge on any atom is -0.325 e. The lowest BCUT2D eigenvalue weighted by Crippen LogP contribution is -2.55. The maximum atomic E-state index is 13.0. The number of rotatable bonds is 5. The van der Waals surface area contributed by atoms with Crippen molar-refractivity contribution in [3.63, 3.8) is 0 Å². The van der Waals surface area contributed by atoms with Gasteiger partial charge in [-0.1, -0.05) is 23.7 Å². The Hall–Kier alpha value is -2.97. The highest BCUT2D eigenvalue weighted by molar-refractivity contribution is 6.30. The number of hydrogen-bond acceptors (Lipinski definition) is 4. The number of anilines is 1. The number of amides is 4. The number of benzene rings is 2. The number of nitrogens with zero attached hydrogens (tertiary/aromatic N) is 2. The summed E-state index contributed by atoms with van der Waals surface area (Å²) in [6.45, 7) is 1.34. The molecule has 1 spiro atoms. The maximum Gasteiger partial charge on any atom is 0.325 e. The van der Waals surface area contributed by atoms with Crippen molar-refractivity contribution in [1.29, 1.82) is 0 Å². The van der Waals surface area contributed by atoms with Crippen LogP contribution in [0.3, 0.4) is 0 Å². The number of carbonyl (C=O) groups excluding carboxylic acids is 3. The molecule has 0 saturated carbocycles. The average molecular weight is 445 g/mol. The van der Waals surface area contributed by atoms with Gasteiger partial charge < -0.3 is 10.6 Å². The Labute approximate surface area is 184 Å². The molecule has 9 heteroatoms. The second kappa shape index (κ2) is 8.64. The van der Waals surface area contributed by atoms with Gasteiger partial charge >= 0.3 is 6.03 Å². The summed E-state index contributed by atoms with van der Waals surface area (Å²) in [4.78, 5) is 41.0. The summed E-state index contributed by atoms with van der Waals surface area (Å²) < 4.78 is 13.0. The van der Waals surface area contributed by atoms with Crippen LogP contribution in [0.2, 0.25) is 5.02 Å². The van der Waals surface area contributed by atoms with E-state index in [1.165, 1.54) is 29.2 Å². The third-order valence-corrected chi connectivity index (χ3v) is 5.96. The maximum absolute atomic E-state index is 13.0. The summed E-state index contributed by atoms with van der Waals surface area (Å²) in [6, 6.07) is 12.2. The molecule has 2 heterocycles. The second-order valence-corrected chi connectivity index (χ2v) is 8.30. The number of nitrogens with one attached hydrogen (secondary N) is 2. The fraction of sp³-hybridized carbons (Fsp3) is 0.318. The highest BCUT2D eigenvalue weighted by Crippen LogP contribution is 2.30. The van der Waals surface area contributed by atoms with Gasteiger partial charge in [0.2, 0.25) is 5.91 Å². The van der Waals surface area contributed by atoms with Gasteiger partial charge in [0.15, 0.2) is 0 Å². The first-order valence-electron chi connectivity index (χ1n) is 10.0. The van der Waals surface area contributed by atoms with Crippen molar-refractivity contribution in [2.75, 3.05) is 25.0 Å². The van der Waals surface area contributed by atoms with Gasteiger partial charge in [0.05, 0.1) is 13.1 Å². The summed E-state index contributed by atoms with van der Waals surface area (Å²) in [5, 5.41) is 6.19. The molecule has 0 atom stereocenters. The topological polar surface area (TPSA) is 81.8 Å². The van der Waals surface area contributed by atoms with Crippen LogP contribution in [-0.4, -0.2) is 52.8 Å². The van der Waals surface area contributed by atoms with Crippen molar-refractivity contribution in [2.24, 2.45) is 0 Å². The van der Waals surface area contributed by atoms with E-state index in [4.69, 9.17) is 11.6 Å². The molecule has 0 bridgehead atoms. The molecule has 0 aliphatic carbocycles. The summed E-state index contributed by atoms with van der Waals surface area (Å²) >= 11 is 5.90. The molecule has 0 radical (unpaired) electrons. The summed E-state index contributed by atoms with van der Waals surface area (Å²) in [6.07, 6.45) is 0.858. The van der Waals surface area contributed by atoms with Crippen LogP contribution in [-0.2, 0) is 16.1 Å². The number of piperidine rings is 1. The van der Waals surface area contributed by atoms with Gasteiger partial charge in [-0.3, -0.25) is 19.4 Å². The Morgan fingerprint density at radius 3 is 2.35 bits per heavy atom. The van der Waals surface area contributed by atoms with Crippen molar-refractivity contribution in [3.8, 4) is 0 Å². The minimum atomic E-state index is -0.923. The fourth-order valence-electron chi connectivity index (χ4n) is 3.96. The van der Waals surface area contributed by atoms with E-state index in [1.807, 2.05) is 4.90 Å². The van der Waals surface area contributed by atoms with E-state index in [1.54, 1.807) is 24.3 Å². The van der Waals surface area contributed by atoms with E-state index in [0.717, 1.165) is 5.56 Å². The summed E-state index contributed by atoms with van der Waals surface area (Å²) in [5.41, 5.74) is 0.420. The molecule has 4 amide bonds. The van der Waals surface area contributed by atoms with Gasteiger partial charge in [0, 0.05) is 23.8 Å². The number of hydrogen-bond donors (Lipinski definition) is 2. The van der Waals surface area contributed by atoms with Crippen molar-refractivity contribution in [1.82, 2.24) is 15.1 Å².